The Labute approximate surface area is 258 Å². The van der Waals surface area contributed by atoms with E-state index in [1.54, 1.807) is 12.2 Å². The number of benzene rings is 3. The summed E-state index contributed by atoms with van der Waals surface area (Å²) in [7, 11) is 4.23. The minimum absolute atomic E-state index is 0.102. The number of amides is 1. The van der Waals surface area contributed by atoms with Gasteiger partial charge in [0.1, 0.15) is 0 Å². The zero-order valence-corrected chi connectivity index (χ0v) is 25.9. The number of ether oxygens (including phenoxy) is 2. The Morgan fingerprint density at radius 2 is 1.71 bits per heavy atom. The van der Waals surface area contributed by atoms with Crippen LogP contribution in [0.15, 0.2) is 88.7 Å². The van der Waals surface area contributed by atoms with Gasteiger partial charge in [0.25, 0.3) is 0 Å². The molecule has 0 saturated carbocycles. The number of allylic oxidation sites excluding steroid dienone is 2. The molecule has 6 nitrogen and oxygen atoms in total. The number of carbonyl (C=O) groups excluding carboxylic acids is 1. The molecule has 1 amide bonds. The Morgan fingerprint density at radius 3 is 2.55 bits per heavy atom. The third-order valence-electron chi connectivity index (χ3n) is 7.28. The van der Waals surface area contributed by atoms with E-state index in [-0.39, 0.29) is 12.7 Å². The van der Waals surface area contributed by atoms with Gasteiger partial charge < -0.3 is 24.2 Å². The standard InChI is InChI=1S/C17H19ClN2S.C17H19NO3/c1-19(2)10-5-11-20-14-6-3-4-7-16(14)21-17-9-8-13(18)12-15(17)20;19-17(18-10-4-1-5-11-18)7-3-2-6-14-8-9-15-16(12-14)21-13-20-15/h3-4,6-9,12H,5,10-11H2,1-2H3;2-3,6-9,12H,1,4-5,10-11,13H2. The Kier molecular flexibility index (Phi) is 10.5. The lowest BCUT2D eigenvalue weighted by atomic mass is 10.1. The molecule has 0 aliphatic carbocycles. The molecule has 42 heavy (non-hydrogen) atoms. The third kappa shape index (κ3) is 7.91. The Balaban J connectivity index is 0.000000168. The van der Waals surface area contributed by atoms with Crippen LogP contribution in [0.25, 0.3) is 6.08 Å². The molecule has 0 bridgehead atoms. The minimum atomic E-state index is 0.102. The van der Waals surface area contributed by atoms with E-state index < -0.39 is 0 Å². The van der Waals surface area contributed by atoms with Crippen molar-refractivity contribution in [2.24, 2.45) is 0 Å². The number of piperidine rings is 1. The molecule has 0 atom stereocenters. The number of anilines is 2. The molecule has 0 unspecified atom stereocenters. The second-order valence-electron chi connectivity index (χ2n) is 10.7. The van der Waals surface area contributed by atoms with Gasteiger partial charge in [-0.3, -0.25) is 4.79 Å². The van der Waals surface area contributed by atoms with Crippen LogP contribution in [0.5, 0.6) is 11.5 Å². The van der Waals surface area contributed by atoms with Crippen molar-refractivity contribution in [2.75, 3.05) is 52.0 Å². The van der Waals surface area contributed by atoms with Crippen LogP contribution in [0.2, 0.25) is 5.02 Å². The molecule has 0 N–H and O–H groups in total. The summed E-state index contributed by atoms with van der Waals surface area (Å²) >= 11 is 8.03. The van der Waals surface area contributed by atoms with Crippen molar-refractivity contribution in [2.45, 2.75) is 35.5 Å². The van der Waals surface area contributed by atoms with E-state index >= 15 is 0 Å². The molecule has 220 valence electrons. The summed E-state index contributed by atoms with van der Waals surface area (Å²) in [6.45, 7) is 4.14. The molecule has 3 aromatic rings. The van der Waals surface area contributed by atoms with Crippen LogP contribution in [0.4, 0.5) is 11.4 Å². The number of hydrogen-bond donors (Lipinski definition) is 0. The van der Waals surface area contributed by atoms with Crippen LogP contribution in [0.1, 0.15) is 31.2 Å². The van der Waals surface area contributed by atoms with Crippen molar-refractivity contribution in [1.29, 1.82) is 0 Å². The molecule has 1 fully saturated rings. The zero-order valence-electron chi connectivity index (χ0n) is 24.3. The summed E-state index contributed by atoms with van der Waals surface area (Å²) in [4.78, 5) is 21.1. The first kappa shape index (κ1) is 30.1. The van der Waals surface area contributed by atoms with Crippen molar-refractivity contribution < 1.29 is 14.3 Å². The van der Waals surface area contributed by atoms with Gasteiger partial charge in [0.05, 0.1) is 11.4 Å². The van der Waals surface area contributed by atoms with Gasteiger partial charge >= 0.3 is 0 Å². The van der Waals surface area contributed by atoms with E-state index in [4.69, 9.17) is 21.1 Å². The molecule has 3 heterocycles. The van der Waals surface area contributed by atoms with Crippen LogP contribution < -0.4 is 14.4 Å². The number of para-hydroxylation sites is 1. The Morgan fingerprint density at radius 1 is 0.929 bits per heavy atom. The van der Waals surface area contributed by atoms with Gasteiger partial charge in [-0.25, -0.2) is 0 Å². The van der Waals surface area contributed by atoms with Crippen LogP contribution in [0.3, 0.4) is 0 Å². The van der Waals surface area contributed by atoms with Gasteiger partial charge in [-0.05, 0) is 94.4 Å². The summed E-state index contributed by atoms with van der Waals surface area (Å²) in [5, 5.41) is 0.798. The fourth-order valence-electron chi connectivity index (χ4n) is 5.13. The number of hydrogen-bond acceptors (Lipinski definition) is 6. The summed E-state index contributed by atoms with van der Waals surface area (Å²) in [6.07, 6.45) is 11.8. The highest BCUT2D eigenvalue weighted by atomic mass is 35.5. The van der Waals surface area contributed by atoms with Gasteiger partial charge in [-0.1, -0.05) is 59.8 Å². The highest BCUT2D eigenvalue weighted by Crippen LogP contribution is 2.48. The predicted octanol–water partition coefficient (Wildman–Crippen LogP) is 7.89. The number of rotatable bonds is 7. The maximum absolute atomic E-state index is 11.9. The molecule has 0 aromatic heterocycles. The van der Waals surface area contributed by atoms with Crippen molar-refractivity contribution in [3.8, 4) is 11.5 Å². The first-order chi connectivity index (χ1) is 20.5. The van der Waals surface area contributed by atoms with Gasteiger partial charge in [-0.2, -0.15) is 0 Å². The summed E-state index contributed by atoms with van der Waals surface area (Å²) in [5.41, 5.74) is 3.54. The van der Waals surface area contributed by atoms with E-state index in [2.05, 4.69) is 60.3 Å². The molecule has 3 aliphatic rings. The molecule has 1 saturated heterocycles. The number of halogens is 1. The molecular weight excluding hydrogens is 566 g/mol. The smallest absolute Gasteiger partial charge is 0.246 e. The topological polar surface area (TPSA) is 45.3 Å². The maximum Gasteiger partial charge on any atom is 0.246 e. The number of nitrogens with zero attached hydrogens (tertiary/aromatic N) is 3. The van der Waals surface area contributed by atoms with E-state index in [1.165, 1.54) is 27.6 Å². The van der Waals surface area contributed by atoms with Crippen molar-refractivity contribution in [3.05, 3.63) is 89.5 Å². The Bertz CT molecular complexity index is 1440. The average molecular weight is 604 g/mol. The van der Waals surface area contributed by atoms with Gasteiger partial charge in [0.15, 0.2) is 11.5 Å². The molecular formula is C34H38ClN3O3S. The van der Waals surface area contributed by atoms with E-state index in [0.717, 1.165) is 67.5 Å². The monoisotopic (exact) mass is 603 g/mol. The van der Waals surface area contributed by atoms with E-state index in [1.807, 2.05) is 53.1 Å². The molecule has 3 aliphatic heterocycles. The first-order valence-electron chi connectivity index (χ1n) is 14.5. The van der Waals surface area contributed by atoms with Crippen LogP contribution >= 0.6 is 23.4 Å². The van der Waals surface area contributed by atoms with E-state index in [0.29, 0.717) is 0 Å². The van der Waals surface area contributed by atoms with Crippen molar-refractivity contribution in [3.63, 3.8) is 0 Å². The lowest BCUT2D eigenvalue weighted by Gasteiger charge is -2.33. The highest BCUT2D eigenvalue weighted by Gasteiger charge is 2.23. The number of fused-ring (bicyclic) bond motifs is 3. The third-order valence-corrected chi connectivity index (χ3v) is 8.64. The van der Waals surface area contributed by atoms with E-state index in [9.17, 15) is 4.79 Å². The predicted molar refractivity (Wildman–Crippen MR) is 173 cm³/mol. The summed E-state index contributed by atoms with van der Waals surface area (Å²) in [5.74, 6) is 1.65. The van der Waals surface area contributed by atoms with Crippen LogP contribution in [-0.2, 0) is 4.79 Å². The number of likely N-dealkylation sites (tertiary alicyclic amines) is 1. The number of carbonyl (C=O) groups is 1. The molecule has 8 heteroatoms. The SMILES string of the molecule is CN(C)CCCN1c2ccccc2Sc2ccc(Cl)cc21.O=C(C=CC=Cc1ccc2c(c1)OCO2)N1CCCCC1. The van der Waals surface area contributed by atoms with Crippen molar-refractivity contribution >= 4 is 46.7 Å². The second kappa shape index (κ2) is 14.7. The molecule has 0 radical (unpaired) electrons. The van der Waals surface area contributed by atoms with Gasteiger partial charge in [0, 0.05) is 40.5 Å². The summed E-state index contributed by atoms with van der Waals surface area (Å²) in [6, 6.07) is 20.6. The second-order valence-corrected chi connectivity index (χ2v) is 12.2. The molecule has 6 rings (SSSR count). The average Bonchev–Trinajstić information content (AvgIpc) is 3.48. The quantitative estimate of drug-likeness (QED) is 0.202. The van der Waals surface area contributed by atoms with Crippen molar-refractivity contribution in [1.82, 2.24) is 9.80 Å². The minimum Gasteiger partial charge on any atom is -0.454 e. The van der Waals surface area contributed by atoms with Crippen LogP contribution in [0, 0.1) is 0 Å². The highest BCUT2D eigenvalue weighted by molar-refractivity contribution is 7.99. The molecule has 3 aromatic carbocycles. The summed E-state index contributed by atoms with van der Waals surface area (Å²) < 4.78 is 10.6. The largest absolute Gasteiger partial charge is 0.454 e. The first-order valence-corrected chi connectivity index (χ1v) is 15.7. The lowest BCUT2D eigenvalue weighted by molar-refractivity contribution is -0.126. The lowest BCUT2D eigenvalue weighted by Crippen LogP contribution is -2.34. The van der Waals surface area contributed by atoms with Gasteiger partial charge in [-0.15, -0.1) is 0 Å². The fourth-order valence-corrected chi connectivity index (χ4v) is 6.37. The Hall–Kier alpha value is -3.39. The maximum atomic E-state index is 11.9. The molecule has 0 spiro atoms. The van der Waals surface area contributed by atoms with Gasteiger partial charge in [0.2, 0.25) is 12.7 Å². The normalized spacial score (nSPS) is 15.5. The fraction of sp³-hybridized carbons (Fsp3) is 0.324. The zero-order chi connectivity index (χ0) is 29.3. The van der Waals surface area contributed by atoms with Crippen LogP contribution in [-0.4, -0.2) is 62.8 Å².